The van der Waals surface area contributed by atoms with E-state index in [0.717, 1.165) is 24.2 Å². The predicted molar refractivity (Wildman–Crippen MR) is 135 cm³/mol. The van der Waals surface area contributed by atoms with E-state index in [0.29, 0.717) is 5.56 Å². The highest BCUT2D eigenvalue weighted by Crippen LogP contribution is 2.46. The van der Waals surface area contributed by atoms with Gasteiger partial charge in [-0.2, -0.15) is 5.10 Å². The maximum atomic E-state index is 11.2. The molecule has 1 aliphatic carbocycles. The average molecular weight is 443 g/mol. The number of benzene rings is 2. The lowest BCUT2D eigenvalue weighted by Gasteiger charge is -2.42. The first-order chi connectivity index (χ1) is 15.5. The van der Waals surface area contributed by atoms with E-state index in [2.05, 4.69) is 57.1 Å². The molecule has 1 heterocycles. The van der Waals surface area contributed by atoms with Crippen LogP contribution in [0.3, 0.4) is 0 Å². The second kappa shape index (κ2) is 8.66. The minimum absolute atomic E-state index is 0.147. The van der Waals surface area contributed by atoms with E-state index in [1.54, 1.807) is 12.1 Å². The fourth-order valence-electron chi connectivity index (χ4n) is 4.79. The van der Waals surface area contributed by atoms with Gasteiger partial charge in [0, 0.05) is 12.7 Å². The van der Waals surface area contributed by atoms with Gasteiger partial charge in [0.05, 0.1) is 11.3 Å². The summed E-state index contributed by atoms with van der Waals surface area (Å²) in [6, 6.07) is 13.9. The van der Waals surface area contributed by atoms with Crippen LogP contribution in [0.25, 0.3) is 12.2 Å². The molecular formula is C29H34N2O2. The molecule has 0 spiro atoms. The van der Waals surface area contributed by atoms with Crippen LogP contribution in [-0.2, 0) is 23.8 Å². The molecule has 0 amide bonds. The molecular weight excluding hydrogens is 408 g/mol. The first kappa shape index (κ1) is 23.0. The fourth-order valence-corrected chi connectivity index (χ4v) is 4.79. The Bertz CT molecular complexity index is 1200. The van der Waals surface area contributed by atoms with Gasteiger partial charge in [0.25, 0.3) is 0 Å². The summed E-state index contributed by atoms with van der Waals surface area (Å²) in [5, 5.41) is 13.7. The zero-order valence-electron chi connectivity index (χ0n) is 20.4. The van der Waals surface area contributed by atoms with E-state index < -0.39 is 5.97 Å². The van der Waals surface area contributed by atoms with Gasteiger partial charge in [-0.15, -0.1) is 0 Å². The van der Waals surface area contributed by atoms with Crippen molar-refractivity contribution in [2.45, 2.75) is 71.3 Å². The summed E-state index contributed by atoms with van der Waals surface area (Å²) in [6.07, 6.45) is 9.57. The van der Waals surface area contributed by atoms with Gasteiger partial charge in [0.15, 0.2) is 0 Å². The monoisotopic (exact) mass is 442 g/mol. The SMILES string of the molecule is Cc1ccn(CCc2cc3c(cc2C=Cc2ccc(C(=O)O)cc2)C(C)(C)CCC3(C)C)n1. The number of hydrogen-bond acceptors (Lipinski definition) is 2. The van der Waals surface area contributed by atoms with Crippen LogP contribution in [0.1, 0.15) is 84.4 Å². The lowest BCUT2D eigenvalue weighted by Crippen LogP contribution is -2.34. The highest BCUT2D eigenvalue weighted by Gasteiger charge is 2.37. The van der Waals surface area contributed by atoms with E-state index in [9.17, 15) is 4.79 Å². The largest absolute Gasteiger partial charge is 0.478 e. The van der Waals surface area contributed by atoms with E-state index in [-0.39, 0.29) is 10.8 Å². The van der Waals surface area contributed by atoms with Crippen molar-refractivity contribution in [1.82, 2.24) is 9.78 Å². The number of rotatable bonds is 6. The van der Waals surface area contributed by atoms with Crippen LogP contribution < -0.4 is 0 Å². The van der Waals surface area contributed by atoms with Gasteiger partial charge in [-0.25, -0.2) is 4.79 Å². The lowest BCUT2D eigenvalue weighted by molar-refractivity contribution is 0.0697. The number of hydrogen-bond donors (Lipinski definition) is 1. The Kier molecular flexibility index (Phi) is 6.04. The van der Waals surface area contributed by atoms with Gasteiger partial charge in [-0.3, -0.25) is 4.68 Å². The molecule has 4 rings (SSSR count). The second-order valence-electron chi connectivity index (χ2n) is 10.6. The molecule has 0 unspecified atom stereocenters. The van der Waals surface area contributed by atoms with Crippen molar-refractivity contribution < 1.29 is 9.90 Å². The molecule has 4 heteroatoms. The van der Waals surface area contributed by atoms with Gasteiger partial charge in [0.2, 0.25) is 0 Å². The standard InChI is InChI=1S/C29H34N2O2/c1-20-12-16-31(30-20)17-13-24-19-26-25(28(2,3)14-15-29(26,4)5)18-23(24)11-8-21-6-9-22(10-7-21)27(32)33/h6-12,16,18-19H,13-15,17H2,1-5H3,(H,32,33). The molecule has 0 atom stereocenters. The third-order valence-electron chi connectivity index (χ3n) is 7.11. The maximum absolute atomic E-state index is 11.2. The second-order valence-corrected chi connectivity index (χ2v) is 10.6. The van der Waals surface area contributed by atoms with Crippen molar-refractivity contribution in [1.29, 1.82) is 0 Å². The van der Waals surface area contributed by atoms with Gasteiger partial charge in [-0.1, -0.05) is 64.1 Å². The zero-order valence-corrected chi connectivity index (χ0v) is 20.4. The minimum atomic E-state index is -0.902. The molecule has 1 N–H and O–H groups in total. The molecule has 0 aliphatic heterocycles. The fraction of sp³-hybridized carbons (Fsp3) is 0.379. The number of nitrogens with zero attached hydrogens (tertiary/aromatic N) is 2. The summed E-state index contributed by atoms with van der Waals surface area (Å²) in [5.74, 6) is -0.902. The summed E-state index contributed by atoms with van der Waals surface area (Å²) >= 11 is 0. The van der Waals surface area contributed by atoms with E-state index in [1.807, 2.05) is 36.0 Å². The van der Waals surface area contributed by atoms with E-state index in [4.69, 9.17) is 5.11 Å². The number of fused-ring (bicyclic) bond motifs is 1. The molecule has 3 aromatic rings. The molecule has 0 radical (unpaired) electrons. The normalized spacial score (nSPS) is 16.6. The molecule has 172 valence electrons. The molecule has 1 aliphatic rings. The number of aryl methyl sites for hydroxylation is 3. The Morgan fingerprint density at radius 3 is 2.21 bits per heavy atom. The van der Waals surface area contributed by atoms with E-state index in [1.165, 1.54) is 35.1 Å². The Morgan fingerprint density at radius 1 is 1.00 bits per heavy atom. The van der Waals surface area contributed by atoms with Crippen molar-refractivity contribution >= 4 is 18.1 Å². The first-order valence-electron chi connectivity index (χ1n) is 11.7. The predicted octanol–water partition coefficient (Wildman–Crippen LogP) is 6.65. The number of aromatic carboxylic acids is 1. The molecule has 0 saturated carbocycles. The molecule has 0 bridgehead atoms. The third-order valence-corrected chi connectivity index (χ3v) is 7.11. The summed E-state index contributed by atoms with van der Waals surface area (Å²) in [6.45, 7) is 12.3. The Balaban J connectivity index is 1.73. The molecule has 0 fully saturated rings. The molecule has 0 saturated heterocycles. The van der Waals surface area contributed by atoms with Gasteiger partial charge < -0.3 is 5.11 Å². The van der Waals surface area contributed by atoms with Crippen LogP contribution in [0.15, 0.2) is 48.7 Å². The quantitative estimate of drug-likeness (QED) is 0.435. The minimum Gasteiger partial charge on any atom is -0.478 e. The number of carbonyl (C=O) groups is 1. The Labute approximate surface area is 197 Å². The van der Waals surface area contributed by atoms with Crippen molar-refractivity contribution in [2.24, 2.45) is 0 Å². The number of aromatic nitrogens is 2. The van der Waals surface area contributed by atoms with Crippen molar-refractivity contribution in [2.75, 3.05) is 0 Å². The highest BCUT2D eigenvalue weighted by atomic mass is 16.4. The summed E-state index contributed by atoms with van der Waals surface area (Å²) in [5.41, 5.74) is 8.10. The van der Waals surface area contributed by atoms with Crippen molar-refractivity contribution in [3.8, 4) is 0 Å². The van der Waals surface area contributed by atoms with Gasteiger partial charge >= 0.3 is 5.97 Å². The topological polar surface area (TPSA) is 55.1 Å². The Hall–Kier alpha value is -3.14. The van der Waals surface area contributed by atoms with E-state index >= 15 is 0 Å². The Morgan fingerprint density at radius 2 is 1.64 bits per heavy atom. The average Bonchev–Trinajstić information content (AvgIpc) is 3.19. The van der Waals surface area contributed by atoms with Crippen LogP contribution in [0.2, 0.25) is 0 Å². The van der Waals surface area contributed by atoms with Crippen LogP contribution in [-0.4, -0.2) is 20.9 Å². The molecule has 4 nitrogen and oxygen atoms in total. The van der Waals surface area contributed by atoms with Crippen LogP contribution in [0, 0.1) is 6.92 Å². The lowest BCUT2D eigenvalue weighted by atomic mass is 9.62. The zero-order chi connectivity index (χ0) is 23.8. The third kappa shape index (κ3) is 4.95. The first-order valence-corrected chi connectivity index (χ1v) is 11.7. The van der Waals surface area contributed by atoms with Gasteiger partial charge in [0.1, 0.15) is 0 Å². The van der Waals surface area contributed by atoms with Crippen molar-refractivity contribution in [3.63, 3.8) is 0 Å². The summed E-state index contributed by atoms with van der Waals surface area (Å²) in [4.78, 5) is 11.2. The van der Waals surface area contributed by atoms with Crippen LogP contribution in [0.4, 0.5) is 0 Å². The van der Waals surface area contributed by atoms with Crippen molar-refractivity contribution in [3.05, 3.63) is 87.7 Å². The smallest absolute Gasteiger partial charge is 0.335 e. The van der Waals surface area contributed by atoms with Crippen LogP contribution in [0.5, 0.6) is 0 Å². The van der Waals surface area contributed by atoms with Crippen LogP contribution >= 0.6 is 0 Å². The summed E-state index contributed by atoms with van der Waals surface area (Å²) < 4.78 is 2.02. The summed E-state index contributed by atoms with van der Waals surface area (Å²) in [7, 11) is 0. The molecule has 33 heavy (non-hydrogen) atoms. The maximum Gasteiger partial charge on any atom is 0.335 e. The highest BCUT2D eigenvalue weighted by molar-refractivity contribution is 5.88. The number of carboxylic acids is 1. The number of carboxylic acid groups (broad SMARTS) is 1. The van der Waals surface area contributed by atoms with Gasteiger partial charge in [-0.05, 0) is 83.0 Å². The molecule has 1 aromatic heterocycles. The molecule has 2 aromatic carbocycles.